The van der Waals surface area contributed by atoms with Crippen LogP contribution >= 0.6 is 0 Å². The lowest BCUT2D eigenvalue weighted by Gasteiger charge is -2.27. The SMILES string of the molecule is CCOC(=O)c1ccc(Cn2c(C(=O)N[C@H]3CC[C@H](N)CC3)c(N)c3ccc(NC(=O)O)cc32)cc1. The van der Waals surface area contributed by atoms with Crippen molar-refractivity contribution in [2.75, 3.05) is 17.7 Å². The third-order valence-electron chi connectivity index (χ3n) is 6.48. The van der Waals surface area contributed by atoms with Crippen molar-refractivity contribution in [1.82, 2.24) is 9.88 Å². The van der Waals surface area contributed by atoms with E-state index in [0.29, 0.717) is 33.5 Å². The van der Waals surface area contributed by atoms with Crippen LogP contribution in [0.4, 0.5) is 16.2 Å². The van der Waals surface area contributed by atoms with Crippen LogP contribution in [-0.4, -0.2) is 46.3 Å². The molecular formula is C26H31N5O5. The second-order valence-electron chi connectivity index (χ2n) is 9.01. The zero-order valence-corrected chi connectivity index (χ0v) is 20.1. The van der Waals surface area contributed by atoms with Crippen molar-refractivity contribution in [1.29, 1.82) is 0 Å². The topological polar surface area (TPSA) is 162 Å². The van der Waals surface area contributed by atoms with Gasteiger partial charge < -0.3 is 31.2 Å². The number of nitrogen functional groups attached to an aromatic ring is 1. The van der Waals surface area contributed by atoms with Crippen molar-refractivity contribution in [3.63, 3.8) is 0 Å². The Hall–Kier alpha value is -4.05. The predicted octanol–water partition coefficient (Wildman–Crippen LogP) is 3.54. The number of ether oxygens (including phenoxy) is 1. The van der Waals surface area contributed by atoms with Crippen molar-refractivity contribution in [3.8, 4) is 0 Å². The average molecular weight is 494 g/mol. The molecule has 1 aliphatic rings. The van der Waals surface area contributed by atoms with Gasteiger partial charge in [0.05, 0.1) is 23.4 Å². The second kappa shape index (κ2) is 10.7. The number of hydrogen-bond acceptors (Lipinski definition) is 6. The Labute approximate surface area is 208 Å². The van der Waals surface area contributed by atoms with E-state index >= 15 is 0 Å². The van der Waals surface area contributed by atoms with Gasteiger partial charge in [-0.05, 0) is 68.5 Å². The first-order chi connectivity index (χ1) is 17.3. The van der Waals surface area contributed by atoms with Crippen molar-refractivity contribution in [2.24, 2.45) is 5.73 Å². The molecule has 0 unspecified atom stereocenters. The van der Waals surface area contributed by atoms with Gasteiger partial charge in [0.15, 0.2) is 0 Å². The quantitative estimate of drug-likeness (QED) is 0.314. The summed E-state index contributed by atoms with van der Waals surface area (Å²) in [4.78, 5) is 36.7. The number of carboxylic acid groups (broad SMARTS) is 1. The van der Waals surface area contributed by atoms with Gasteiger partial charge in [-0.15, -0.1) is 0 Å². The number of amides is 2. The van der Waals surface area contributed by atoms with Gasteiger partial charge in [0.1, 0.15) is 5.69 Å². The minimum Gasteiger partial charge on any atom is -0.465 e. The number of carbonyl (C=O) groups excluding carboxylic acids is 2. The average Bonchev–Trinajstić information content (AvgIpc) is 3.11. The Kier molecular flexibility index (Phi) is 7.44. The van der Waals surface area contributed by atoms with Crippen molar-refractivity contribution >= 4 is 40.2 Å². The fourth-order valence-corrected chi connectivity index (χ4v) is 4.65. The molecule has 0 radical (unpaired) electrons. The van der Waals surface area contributed by atoms with E-state index in [2.05, 4.69) is 10.6 Å². The van der Waals surface area contributed by atoms with E-state index in [0.717, 1.165) is 31.2 Å². The van der Waals surface area contributed by atoms with Crippen molar-refractivity contribution in [2.45, 2.75) is 51.2 Å². The van der Waals surface area contributed by atoms with E-state index in [4.69, 9.17) is 21.3 Å². The molecule has 0 bridgehead atoms. The zero-order chi connectivity index (χ0) is 25.8. The first-order valence-electron chi connectivity index (χ1n) is 12.0. The van der Waals surface area contributed by atoms with Crippen LogP contribution in [0.2, 0.25) is 0 Å². The Balaban J connectivity index is 1.71. The highest BCUT2D eigenvalue weighted by atomic mass is 16.5. The molecule has 7 N–H and O–H groups in total. The molecule has 0 atom stereocenters. The molecule has 1 heterocycles. The summed E-state index contributed by atoms with van der Waals surface area (Å²) >= 11 is 0. The van der Waals surface area contributed by atoms with Gasteiger partial charge in [-0.25, -0.2) is 9.59 Å². The Morgan fingerprint density at radius 3 is 2.42 bits per heavy atom. The van der Waals surface area contributed by atoms with Gasteiger partial charge in [-0.1, -0.05) is 12.1 Å². The maximum atomic E-state index is 13.5. The predicted molar refractivity (Wildman–Crippen MR) is 137 cm³/mol. The highest BCUT2D eigenvalue weighted by molar-refractivity contribution is 6.09. The second-order valence-corrected chi connectivity index (χ2v) is 9.01. The van der Waals surface area contributed by atoms with Crippen LogP contribution in [0.25, 0.3) is 10.9 Å². The molecule has 4 rings (SSSR count). The van der Waals surface area contributed by atoms with E-state index in [9.17, 15) is 14.4 Å². The van der Waals surface area contributed by atoms with E-state index in [1.165, 1.54) is 0 Å². The number of nitrogens with two attached hydrogens (primary N) is 2. The summed E-state index contributed by atoms with van der Waals surface area (Å²) in [6.07, 6.45) is 2.11. The molecule has 2 aromatic carbocycles. The third-order valence-corrected chi connectivity index (χ3v) is 6.48. The van der Waals surface area contributed by atoms with Crippen LogP contribution in [-0.2, 0) is 11.3 Å². The molecule has 36 heavy (non-hydrogen) atoms. The molecule has 10 nitrogen and oxygen atoms in total. The maximum absolute atomic E-state index is 13.5. The largest absolute Gasteiger partial charge is 0.465 e. The number of anilines is 2. The molecule has 2 amide bonds. The Bertz CT molecular complexity index is 1280. The normalized spacial score (nSPS) is 17.5. The van der Waals surface area contributed by atoms with E-state index < -0.39 is 12.1 Å². The Morgan fingerprint density at radius 2 is 1.78 bits per heavy atom. The summed E-state index contributed by atoms with van der Waals surface area (Å²) in [5, 5.41) is 15.2. The lowest BCUT2D eigenvalue weighted by Crippen LogP contribution is -2.41. The van der Waals surface area contributed by atoms with Gasteiger partial charge >= 0.3 is 12.1 Å². The summed E-state index contributed by atoms with van der Waals surface area (Å²) < 4.78 is 6.82. The third kappa shape index (κ3) is 5.44. The highest BCUT2D eigenvalue weighted by Gasteiger charge is 2.26. The fraction of sp³-hybridized carbons (Fsp3) is 0.346. The smallest absolute Gasteiger partial charge is 0.409 e. The number of nitrogens with one attached hydrogen (secondary N) is 2. The number of benzene rings is 2. The summed E-state index contributed by atoms with van der Waals surface area (Å²) in [5.74, 6) is -0.698. The van der Waals surface area contributed by atoms with Crippen LogP contribution in [0.3, 0.4) is 0 Å². The summed E-state index contributed by atoms with van der Waals surface area (Å²) in [7, 11) is 0. The minimum atomic E-state index is -1.19. The molecule has 3 aromatic rings. The molecule has 1 aliphatic carbocycles. The fourth-order valence-electron chi connectivity index (χ4n) is 4.65. The molecule has 1 aromatic heterocycles. The molecule has 190 valence electrons. The van der Waals surface area contributed by atoms with Crippen LogP contribution in [0.1, 0.15) is 59.0 Å². The highest BCUT2D eigenvalue weighted by Crippen LogP contribution is 2.32. The van der Waals surface area contributed by atoms with Gasteiger partial charge in [-0.2, -0.15) is 0 Å². The molecular weight excluding hydrogens is 462 g/mol. The summed E-state index contributed by atoms with van der Waals surface area (Å²) in [6.45, 7) is 2.31. The molecule has 0 spiro atoms. The number of esters is 1. The standard InChI is InChI=1S/C26H31N5O5/c1-2-36-25(33)16-5-3-15(4-6-16)14-31-21-13-19(30-26(34)35)11-12-20(21)22(28)23(31)24(32)29-18-9-7-17(27)8-10-18/h3-6,11-13,17-18,30H,2,7-10,14,27-28H2,1H3,(H,29,32)(H,34,35)/t17-,18-. The molecule has 0 saturated heterocycles. The van der Waals surface area contributed by atoms with E-state index in [1.54, 1.807) is 54.0 Å². The van der Waals surface area contributed by atoms with Crippen LogP contribution < -0.4 is 22.1 Å². The lowest BCUT2D eigenvalue weighted by atomic mass is 9.92. The number of fused-ring (bicyclic) bond motifs is 1. The maximum Gasteiger partial charge on any atom is 0.409 e. The van der Waals surface area contributed by atoms with Gasteiger partial charge in [0.2, 0.25) is 0 Å². The van der Waals surface area contributed by atoms with Crippen LogP contribution in [0.5, 0.6) is 0 Å². The number of aromatic nitrogens is 1. The van der Waals surface area contributed by atoms with Gasteiger partial charge in [0, 0.05) is 29.7 Å². The molecule has 10 heteroatoms. The summed E-state index contributed by atoms with van der Waals surface area (Å²) in [6, 6.07) is 12.1. The van der Waals surface area contributed by atoms with Crippen LogP contribution in [0, 0.1) is 0 Å². The van der Waals surface area contributed by atoms with Crippen molar-refractivity contribution < 1.29 is 24.2 Å². The molecule has 1 saturated carbocycles. The summed E-state index contributed by atoms with van der Waals surface area (Å²) in [5.41, 5.74) is 15.3. The zero-order valence-electron chi connectivity index (χ0n) is 20.1. The first-order valence-corrected chi connectivity index (χ1v) is 12.0. The number of rotatable bonds is 7. The number of carbonyl (C=O) groups is 3. The van der Waals surface area contributed by atoms with E-state index in [-0.39, 0.29) is 31.1 Å². The molecule has 0 aliphatic heterocycles. The first kappa shape index (κ1) is 25.1. The van der Waals surface area contributed by atoms with E-state index in [1.807, 2.05) is 0 Å². The minimum absolute atomic E-state index is 0.0104. The van der Waals surface area contributed by atoms with Crippen LogP contribution in [0.15, 0.2) is 42.5 Å². The Morgan fingerprint density at radius 1 is 1.08 bits per heavy atom. The number of hydrogen-bond donors (Lipinski definition) is 5. The monoisotopic (exact) mass is 493 g/mol. The number of nitrogens with zero attached hydrogens (tertiary/aromatic N) is 1. The molecule has 1 fully saturated rings. The van der Waals surface area contributed by atoms with Gasteiger partial charge in [-0.3, -0.25) is 10.1 Å². The lowest BCUT2D eigenvalue weighted by molar-refractivity contribution is 0.0526. The van der Waals surface area contributed by atoms with Gasteiger partial charge in [0.25, 0.3) is 5.91 Å². The van der Waals surface area contributed by atoms with Crippen molar-refractivity contribution in [3.05, 3.63) is 59.3 Å².